The predicted molar refractivity (Wildman–Crippen MR) is 147 cm³/mol. The monoisotopic (exact) mass is 509 g/mol. The summed E-state index contributed by atoms with van der Waals surface area (Å²) in [7, 11) is -2.53. The summed E-state index contributed by atoms with van der Waals surface area (Å²) < 4.78 is 12.9. The topological polar surface area (TPSA) is 67.8 Å². The van der Waals surface area contributed by atoms with Crippen LogP contribution in [-0.2, 0) is 14.0 Å². The van der Waals surface area contributed by atoms with E-state index in [0.29, 0.717) is 13.0 Å². The van der Waals surface area contributed by atoms with Crippen LogP contribution in [0.3, 0.4) is 0 Å². The summed E-state index contributed by atoms with van der Waals surface area (Å²) in [6.45, 7) is 8.64. The number of nitrogens with one attached hydrogen (secondary N) is 1. The number of hydrogen-bond acceptors (Lipinski definition) is 5. The van der Waals surface area contributed by atoms with Crippen molar-refractivity contribution in [2.24, 2.45) is 5.92 Å². The van der Waals surface area contributed by atoms with Gasteiger partial charge in [-0.15, -0.1) is 0 Å². The summed E-state index contributed by atoms with van der Waals surface area (Å²) in [5.74, 6) is -0.184. The highest BCUT2D eigenvalue weighted by molar-refractivity contribution is 6.99. The Morgan fingerprint density at radius 3 is 2.17 bits per heavy atom. The second-order valence-electron chi connectivity index (χ2n) is 11.4. The molecule has 5 nitrogen and oxygen atoms in total. The van der Waals surface area contributed by atoms with Gasteiger partial charge in [0, 0.05) is 13.2 Å². The summed E-state index contributed by atoms with van der Waals surface area (Å²) in [5.41, 5.74) is -0.259. The van der Waals surface area contributed by atoms with Gasteiger partial charge in [0.15, 0.2) is 0 Å². The number of benzene rings is 2. The van der Waals surface area contributed by atoms with E-state index in [-0.39, 0.29) is 35.2 Å². The van der Waals surface area contributed by atoms with Gasteiger partial charge in [0.2, 0.25) is 0 Å². The zero-order chi connectivity index (χ0) is 25.7. The standard InChI is InChI=1S/C30H43NO4Si/c1-29(2,3)36(24-14-6-4-7-15-24,25-16-8-5-9-17-25)34-23-11-10-18-26-28(33)35-27(19-12-22-32)30(26)20-13-21-31-30/h4-9,14-17,26-27,31-32H,10-13,18-23H2,1-3H3/t26-,27-,30-/m0/s1. The van der Waals surface area contributed by atoms with Crippen LogP contribution < -0.4 is 15.7 Å². The van der Waals surface area contributed by atoms with Crippen molar-refractivity contribution in [2.45, 2.75) is 82.4 Å². The fraction of sp³-hybridized carbons (Fsp3) is 0.567. The van der Waals surface area contributed by atoms with E-state index in [9.17, 15) is 9.90 Å². The van der Waals surface area contributed by atoms with E-state index in [1.807, 2.05) is 0 Å². The van der Waals surface area contributed by atoms with Gasteiger partial charge in [0.05, 0.1) is 11.5 Å². The van der Waals surface area contributed by atoms with Crippen LogP contribution in [0.25, 0.3) is 0 Å². The quantitative estimate of drug-likeness (QED) is 0.270. The molecular formula is C30H43NO4Si. The first-order chi connectivity index (χ1) is 17.3. The summed E-state index contributed by atoms with van der Waals surface area (Å²) in [4.78, 5) is 12.9. The van der Waals surface area contributed by atoms with Crippen LogP contribution in [0.2, 0.25) is 5.04 Å². The molecule has 0 aliphatic carbocycles. The zero-order valence-corrected chi connectivity index (χ0v) is 23.2. The normalized spacial score (nSPS) is 24.4. The van der Waals surface area contributed by atoms with Crippen molar-refractivity contribution in [3.05, 3.63) is 60.7 Å². The number of aliphatic hydroxyl groups is 1. The largest absolute Gasteiger partial charge is 0.460 e. The molecule has 6 heteroatoms. The molecule has 0 amide bonds. The van der Waals surface area contributed by atoms with Gasteiger partial charge in [-0.25, -0.2) is 0 Å². The Bertz CT molecular complexity index is 930. The maximum Gasteiger partial charge on any atom is 0.311 e. The van der Waals surface area contributed by atoms with Crippen molar-refractivity contribution >= 4 is 24.7 Å². The van der Waals surface area contributed by atoms with Crippen LogP contribution in [0.4, 0.5) is 0 Å². The zero-order valence-electron chi connectivity index (χ0n) is 22.2. The van der Waals surface area contributed by atoms with Crippen LogP contribution >= 0.6 is 0 Å². The second-order valence-corrected chi connectivity index (χ2v) is 15.7. The van der Waals surface area contributed by atoms with Crippen molar-refractivity contribution in [1.29, 1.82) is 0 Å². The molecule has 2 aliphatic rings. The first kappa shape index (κ1) is 27.1. The van der Waals surface area contributed by atoms with Crippen molar-refractivity contribution in [3.8, 4) is 0 Å². The average molecular weight is 510 g/mol. The minimum atomic E-state index is -2.53. The molecule has 2 heterocycles. The summed E-state index contributed by atoms with van der Waals surface area (Å²) in [5, 5.41) is 15.5. The molecule has 0 radical (unpaired) electrons. The SMILES string of the molecule is CC(C)(C)[Si](OCCCC[C@H]1C(=O)O[C@@H](CCCO)[C@]12CCCN2)(c1ccccc1)c1ccccc1. The van der Waals surface area contributed by atoms with Gasteiger partial charge in [-0.05, 0) is 60.5 Å². The molecule has 2 aromatic rings. The predicted octanol–water partition coefficient (Wildman–Crippen LogP) is 4.17. The number of aliphatic hydroxyl groups excluding tert-OH is 1. The fourth-order valence-corrected chi connectivity index (χ4v) is 11.1. The van der Waals surface area contributed by atoms with Gasteiger partial charge in [0.1, 0.15) is 6.10 Å². The van der Waals surface area contributed by atoms with E-state index in [2.05, 4.69) is 86.8 Å². The Morgan fingerprint density at radius 2 is 1.64 bits per heavy atom. The van der Waals surface area contributed by atoms with Crippen LogP contribution in [0.5, 0.6) is 0 Å². The second kappa shape index (κ2) is 11.6. The molecule has 4 rings (SSSR count). The van der Waals surface area contributed by atoms with Crippen LogP contribution in [0.15, 0.2) is 60.7 Å². The first-order valence-electron chi connectivity index (χ1n) is 13.7. The molecule has 2 fully saturated rings. The third-order valence-electron chi connectivity index (χ3n) is 8.21. The average Bonchev–Trinajstić information content (AvgIpc) is 3.46. The number of carbonyl (C=O) groups excluding carboxylic acids is 1. The van der Waals surface area contributed by atoms with Gasteiger partial charge in [0.25, 0.3) is 8.32 Å². The molecule has 36 heavy (non-hydrogen) atoms. The number of cyclic esters (lactones) is 1. The van der Waals surface area contributed by atoms with Crippen molar-refractivity contribution in [2.75, 3.05) is 19.8 Å². The summed E-state index contributed by atoms with van der Waals surface area (Å²) >= 11 is 0. The third kappa shape index (κ3) is 5.19. The molecule has 2 aromatic carbocycles. The summed E-state index contributed by atoms with van der Waals surface area (Å²) in [6.07, 6.45) is 5.95. The van der Waals surface area contributed by atoms with Crippen molar-refractivity contribution in [1.82, 2.24) is 5.32 Å². The molecule has 3 atom stereocenters. The molecule has 2 aliphatic heterocycles. The van der Waals surface area contributed by atoms with E-state index >= 15 is 0 Å². The van der Waals surface area contributed by atoms with Crippen molar-refractivity contribution in [3.63, 3.8) is 0 Å². The molecule has 0 saturated carbocycles. The smallest absolute Gasteiger partial charge is 0.311 e. The highest BCUT2D eigenvalue weighted by atomic mass is 28.4. The number of rotatable bonds is 11. The Kier molecular flexibility index (Phi) is 8.71. The Hall–Kier alpha value is -1.99. The van der Waals surface area contributed by atoms with E-state index in [4.69, 9.17) is 9.16 Å². The highest BCUT2D eigenvalue weighted by Crippen LogP contribution is 2.43. The molecule has 2 saturated heterocycles. The molecule has 196 valence electrons. The molecule has 2 N–H and O–H groups in total. The maximum absolute atomic E-state index is 12.9. The van der Waals surface area contributed by atoms with Gasteiger partial charge in [-0.3, -0.25) is 4.79 Å². The highest BCUT2D eigenvalue weighted by Gasteiger charge is 2.57. The molecule has 0 aromatic heterocycles. The minimum absolute atomic E-state index is 0.0390. The molecule has 0 bridgehead atoms. The number of unbranched alkanes of at least 4 members (excludes halogenated alkanes) is 1. The lowest BCUT2D eigenvalue weighted by Gasteiger charge is -2.43. The Balaban J connectivity index is 1.46. The molecular weight excluding hydrogens is 466 g/mol. The van der Waals surface area contributed by atoms with Crippen LogP contribution in [0, 0.1) is 5.92 Å². The van der Waals surface area contributed by atoms with E-state index < -0.39 is 8.32 Å². The van der Waals surface area contributed by atoms with Crippen molar-refractivity contribution < 1.29 is 19.1 Å². The number of ether oxygens (including phenoxy) is 1. The van der Waals surface area contributed by atoms with E-state index in [0.717, 1.165) is 45.1 Å². The summed E-state index contributed by atoms with van der Waals surface area (Å²) in [6, 6.07) is 21.5. The molecule has 0 unspecified atom stereocenters. The fourth-order valence-electron chi connectivity index (χ4n) is 6.53. The Morgan fingerprint density at radius 1 is 1.00 bits per heavy atom. The van der Waals surface area contributed by atoms with E-state index in [1.54, 1.807) is 0 Å². The van der Waals surface area contributed by atoms with Gasteiger partial charge < -0.3 is 19.6 Å². The third-order valence-corrected chi connectivity index (χ3v) is 13.2. The van der Waals surface area contributed by atoms with E-state index in [1.165, 1.54) is 10.4 Å². The first-order valence-corrected chi connectivity index (χ1v) is 15.6. The van der Waals surface area contributed by atoms with Crippen LogP contribution in [0.1, 0.15) is 65.7 Å². The number of hydrogen-bond donors (Lipinski definition) is 2. The Labute approximate surface area is 217 Å². The number of carbonyl (C=O) groups is 1. The van der Waals surface area contributed by atoms with Gasteiger partial charge >= 0.3 is 5.97 Å². The maximum atomic E-state index is 12.9. The lowest BCUT2D eigenvalue weighted by Crippen LogP contribution is -2.66. The minimum Gasteiger partial charge on any atom is -0.460 e. The lowest BCUT2D eigenvalue weighted by atomic mass is 9.76. The van der Waals surface area contributed by atoms with Gasteiger partial charge in [-0.2, -0.15) is 0 Å². The lowest BCUT2D eigenvalue weighted by molar-refractivity contribution is -0.144. The van der Waals surface area contributed by atoms with Crippen LogP contribution in [-0.4, -0.2) is 50.8 Å². The molecule has 1 spiro atoms. The van der Waals surface area contributed by atoms with Gasteiger partial charge in [-0.1, -0.05) is 87.9 Å². The number of esters is 1.